The summed E-state index contributed by atoms with van der Waals surface area (Å²) in [5.74, 6) is 1.11. The number of hydrogen-bond donors (Lipinski definition) is 2. The Morgan fingerprint density at radius 2 is 2.15 bits per heavy atom. The number of nitrogens with one attached hydrogen (secondary N) is 1. The number of amides is 1. The van der Waals surface area contributed by atoms with Gasteiger partial charge in [0.05, 0.1) is 0 Å². The van der Waals surface area contributed by atoms with Crippen LogP contribution in [0.5, 0.6) is 5.75 Å². The smallest absolute Gasteiger partial charge is 0.255 e. The van der Waals surface area contributed by atoms with Gasteiger partial charge in [-0.05, 0) is 40.2 Å². The largest absolute Gasteiger partial charge is 0.483 e. The number of tetrazole rings is 1. The van der Waals surface area contributed by atoms with Crippen LogP contribution in [0.3, 0.4) is 0 Å². The third-order valence-corrected chi connectivity index (χ3v) is 5.08. The molecular weight excluding hydrogens is 364 g/mol. The van der Waals surface area contributed by atoms with Crippen LogP contribution >= 0.6 is 11.8 Å². The van der Waals surface area contributed by atoms with Gasteiger partial charge < -0.3 is 15.8 Å². The van der Waals surface area contributed by atoms with E-state index in [4.69, 9.17) is 10.5 Å². The van der Waals surface area contributed by atoms with Gasteiger partial charge in [-0.25, -0.2) is 4.68 Å². The van der Waals surface area contributed by atoms with E-state index in [1.165, 1.54) is 0 Å². The summed E-state index contributed by atoms with van der Waals surface area (Å²) in [4.78, 5) is 11.1. The molecule has 142 valence electrons. The molecule has 0 bridgehead atoms. The summed E-state index contributed by atoms with van der Waals surface area (Å²) < 4.78 is 7.27. The highest BCUT2D eigenvalue weighted by molar-refractivity contribution is 7.99. The van der Waals surface area contributed by atoms with Crippen molar-refractivity contribution in [3.05, 3.63) is 42.0 Å². The van der Waals surface area contributed by atoms with Crippen molar-refractivity contribution in [2.45, 2.75) is 18.1 Å². The van der Waals surface area contributed by atoms with Crippen molar-refractivity contribution in [1.82, 2.24) is 25.5 Å². The second-order valence-corrected chi connectivity index (χ2v) is 7.04. The molecule has 0 spiro atoms. The van der Waals surface area contributed by atoms with Crippen molar-refractivity contribution in [3.8, 4) is 5.75 Å². The average molecular weight is 386 g/mol. The van der Waals surface area contributed by atoms with Gasteiger partial charge in [0.25, 0.3) is 5.91 Å². The van der Waals surface area contributed by atoms with Gasteiger partial charge in [0.1, 0.15) is 5.75 Å². The molecule has 0 saturated carbocycles. The van der Waals surface area contributed by atoms with E-state index in [0.717, 1.165) is 40.2 Å². The summed E-state index contributed by atoms with van der Waals surface area (Å²) in [7, 11) is 1.83. The molecule has 1 amide bonds. The van der Waals surface area contributed by atoms with Gasteiger partial charge >= 0.3 is 0 Å². The zero-order valence-electron chi connectivity index (χ0n) is 15.1. The Bertz CT molecular complexity index is 914. The molecule has 0 fully saturated rings. The van der Waals surface area contributed by atoms with Crippen LogP contribution in [0.25, 0.3) is 10.8 Å². The fraction of sp³-hybridized carbons (Fsp3) is 0.333. The number of nitrogens with zero attached hydrogens (tertiary/aromatic N) is 4. The van der Waals surface area contributed by atoms with Crippen molar-refractivity contribution in [3.63, 3.8) is 0 Å². The molecule has 0 aliphatic heterocycles. The molecule has 2 aromatic carbocycles. The molecule has 0 atom stereocenters. The first-order valence-electron chi connectivity index (χ1n) is 8.63. The van der Waals surface area contributed by atoms with Gasteiger partial charge in [-0.2, -0.15) is 0 Å². The zero-order valence-corrected chi connectivity index (χ0v) is 15.9. The molecule has 3 aromatic rings. The molecule has 8 nitrogen and oxygen atoms in total. The number of rotatable bonds is 10. The van der Waals surface area contributed by atoms with Gasteiger partial charge in [0.2, 0.25) is 5.16 Å². The molecule has 0 saturated heterocycles. The number of carbonyl (C=O) groups excluding carboxylic acids is 1. The number of aryl methyl sites for hydroxylation is 1. The van der Waals surface area contributed by atoms with E-state index in [1.807, 2.05) is 31.3 Å². The molecule has 1 aromatic heterocycles. The van der Waals surface area contributed by atoms with Gasteiger partial charge in [-0.1, -0.05) is 42.1 Å². The second kappa shape index (κ2) is 9.33. The van der Waals surface area contributed by atoms with E-state index >= 15 is 0 Å². The lowest BCUT2D eigenvalue weighted by atomic mass is 10.0. The third-order valence-electron chi connectivity index (χ3n) is 3.98. The highest BCUT2D eigenvalue weighted by Gasteiger charge is 2.10. The Labute approximate surface area is 161 Å². The summed E-state index contributed by atoms with van der Waals surface area (Å²) in [6.45, 7) is 1.36. The van der Waals surface area contributed by atoms with Crippen LogP contribution in [0.15, 0.2) is 41.6 Å². The monoisotopic (exact) mass is 386 g/mol. The summed E-state index contributed by atoms with van der Waals surface area (Å²) >= 11 is 1.63. The summed E-state index contributed by atoms with van der Waals surface area (Å²) in [5, 5.41) is 17.9. The fourth-order valence-electron chi connectivity index (χ4n) is 2.70. The lowest BCUT2D eigenvalue weighted by Gasteiger charge is -2.14. The molecule has 3 rings (SSSR count). The molecule has 9 heteroatoms. The van der Waals surface area contributed by atoms with Crippen LogP contribution in [-0.2, 0) is 18.4 Å². The van der Waals surface area contributed by atoms with Gasteiger partial charge in [0, 0.05) is 24.9 Å². The predicted octanol–water partition coefficient (Wildman–Crippen LogP) is 1.50. The fourth-order valence-corrected chi connectivity index (χ4v) is 3.49. The molecular formula is C18H22N6O2S. The number of ether oxygens (including phenoxy) is 1. The normalized spacial score (nSPS) is 11.0. The van der Waals surface area contributed by atoms with Crippen LogP contribution in [0.2, 0.25) is 0 Å². The van der Waals surface area contributed by atoms with Crippen molar-refractivity contribution in [2.75, 3.05) is 18.9 Å². The minimum absolute atomic E-state index is 0.131. The second-order valence-electron chi connectivity index (χ2n) is 5.98. The first-order chi connectivity index (χ1) is 13.1. The van der Waals surface area contributed by atoms with Gasteiger partial charge in [0.15, 0.2) is 6.61 Å². The predicted molar refractivity (Wildman–Crippen MR) is 104 cm³/mol. The van der Waals surface area contributed by atoms with E-state index in [9.17, 15) is 4.79 Å². The molecule has 27 heavy (non-hydrogen) atoms. The maximum Gasteiger partial charge on any atom is 0.255 e. The number of fused-ring (bicyclic) bond motifs is 1. The van der Waals surface area contributed by atoms with Crippen LogP contribution < -0.4 is 15.8 Å². The number of primary amides is 1. The number of benzene rings is 2. The SMILES string of the molecule is Cn1nnnc1SCCCNCc1c(OCC(N)=O)ccc2ccccc12. The Kier molecular flexibility index (Phi) is 6.61. The van der Waals surface area contributed by atoms with E-state index < -0.39 is 5.91 Å². The first-order valence-corrected chi connectivity index (χ1v) is 9.61. The molecule has 3 N–H and O–H groups in total. The van der Waals surface area contributed by atoms with Crippen LogP contribution in [0, 0.1) is 0 Å². The molecule has 0 aliphatic rings. The zero-order chi connectivity index (χ0) is 19.1. The van der Waals surface area contributed by atoms with Crippen LogP contribution in [0.1, 0.15) is 12.0 Å². The van der Waals surface area contributed by atoms with Crippen LogP contribution in [0.4, 0.5) is 0 Å². The van der Waals surface area contributed by atoms with Crippen molar-refractivity contribution < 1.29 is 9.53 Å². The Morgan fingerprint density at radius 1 is 1.30 bits per heavy atom. The van der Waals surface area contributed by atoms with Gasteiger partial charge in [-0.3, -0.25) is 4.79 Å². The Hall–Kier alpha value is -2.65. The van der Waals surface area contributed by atoms with Crippen molar-refractivity contribution >= 4 is 28.4 Å². The molecule has 0 radical (unpaired) electrons. The first kappa shape index (κ1) is 19.1. The highest BCUT2D eigenvalue weighted by atomic mass is 32.2. The van der Waals surface area contributed by atoms with Crippen molar-refractivity contribution in [2.24, 2.45) is 12.8 Å². The summed E-state index contributed by atoms with van der Waals surface area (Å²) in [5.41, 5.74) is 6.24. The highest BCUT2D eigenvalue weighted by Crippen LogP contribution is 2.28. The Morgan fingerprint density at radius 3 is 2.93 bits per heavy atom. The maximum absolute atomic E-state index is 11.1. The number of hydrogen-bond acceptors (Lipinski definition) is 7. The number of carbonyl (C=O) groups is 1. The topological polar surface area (TPSA) is 108 Å². The van der Waals surface area contributed by atoms with E-state index in [0.29, 0.717) is 12.3 Å². The lowest BCUT2D eigenvalue weighted by molar-refractivity contribution is -0.119. The standard InChI is InChI=1S/C18H22N6O2S/c1-24-18(21-22-23-24)27-10-4-9-20-11-15-14-6-3-2-5-13(14)7-8-16(15)26-12-17(19)25/h2-3,5-8,20H,4,9-12H2,1H3,(H2,19,25). The van der Waals surface area contributed by atoms with E-state index in [-0.39, 0.29) is 6.61 Å². The number of aromatic nitrogens is 4. The van der Waals surface area contributed by atoms with Crippen molar-refractivity contribution in [1.29, 1.82) is 0 Å². The van der Waals surface area contributed by atoms with E-state index in [1.54, 1.807) is 16.4 Å². The molecule has 0 aliphatic carbocycles. The minimum Gasteiger partial charge on any atom is -0.483 e. The number of nitrogens with two attached hydrogens (primary N) is 1. The molecule has 0 unspecified atom stereocenters. The maximum atomic E-state index is 11.1. The summed E-state index contributed by atoms with van der Waals surface area (Å²) in [6.07, 6.45) is 0.972. The third kappa shape index (κ3) is 5.18. The quantitative estimate of drug-likeness (QED) is 0.401. The van der Waals surface area contributed by atoms with Gasteiger partial charge in [-0.15, -0.1) is 5.10 Å². The van der Waals surface area contributed by atoms with E-state index in [2.05, 4.69) is 33.0 Å². The number of thioether (sulfide) groups is 1. The average Bonchev–Trinajstić information content (AvgIpc) is 3.08. The minimum atomic E-state index is -0.489. The Balaban J connectivity index is 1.58. The summed E-state index contributed by atoms with van der Waals surface area (Å²) in [6, 6.07) is 12.0. The van der Waals surface area contributed by atoms with Crippen LogP contribution in [-0.4, -0.2) is 45.0 Å². The molecule has 1 heterocycles. The lowest BCUT2D eigenvalue weighted by Crippen LogP contribution is -2.21.